The van der Waals surface area contributed by atoms with Gasteiger partial charge in [0.05, 0.1) is 32.5 Å². The van der Waals surface area contributed by atoms with Crippen molar-refractivity contribution in [2.75, 3.05) is 26.3 Å². The first-order chi connectivity index (χ1) is 11.2. The van der Waals surface area contributed by atoms with Gasteiger partial charge in [0, 0.05) is 24.9 Å². The van der Waals surface area contributed by atoms with Crippen molar-refractivity contribution in [3.63, 3.8) is 0 Å². The molecule has 1 saturated heterocycles. The second-order valence-corrected chi connectivity index (χ2v) is 5.92. The fourth-order valence-corrected chi connectivity index (χ4v) is 2.94. The summed E-state index contributed by atoms with van der Waals surface area (Å²) in [6.07, 6.45) is 4.09. The van der Waals surface area contributed by atoms with Crippen LogP contribution >= 0.6 is 0 Å². The number of H-pyrrole nitrogens is 1. The molecule has 6 nitrogen and oxygen atoms in total. The van der Waals surface area contributed by atoms with E-state index in [1.54, 1.807) is 17.4 Å². The topological polar surface area (TPSA) is 78.5 Å². The Kier molecular flexibility index (Phi) is 4.73. The molecular formula is C17H21N3O3. The van der Waals surface area contributed by atoms with Gasteiger partial charge in [0.1, 0.15) is 5.60 Å². The predicted octanol–water partition coefficient (Wildman–Crippen LogP) is 0.785. The van der Waals surface area contributed by atoms with E-state index in [-0.39, 0.29) is 18.9 Å². The van der Waals surface area contributed by atoms with Crippen molar-refractivity contribution in [2.24, 2.45) is 0 Å². The lowest BCUT2D eigenvalue weighted by Crippen LogP contribution is -2.57. The molecule has 2 heterocycles. The largest absolute Gasteiger partial charge is 0.393 e. The molecule has 122 valence electrons. The maximum absolute atomic E-state index is 12.5. The number of hydrogen-bond donors (Lipinski definition) is 2. The first-order valence-corrected chi connectivity index (χ1v) is 7.74. The van der Waals surface area contributed by atoms with Gasteiger partial charge in [0.2, 0.25) is 5.91 Å². The van der Waals surface area contributed by atoms with Crippen LogP contribution in [0.2, 0.25) is 0 Å². The van der Waals surface area contributed by atoms with Gasteiger partial charge in [-0.15, -0.1) is 0 Å². The number of carbonyl (C=O) groups is 1. The molecule has 6 heteroatoms. The summed E-state index contributed by atoms with van der Waals surface area (Å²) in [7, 11) is 0. The van der Waals surface area contributed by atoms with Crippen molar-refractivity contribution in [1.82, 2.24) is 14.9 Å². The third-order valence-corrected chi connectivity index (χ3v) is 4.15. The normalized spacial score (nSPS) is 21.3. The molecule has 0 saturated carbocycles. The number of nitrogens with one attached hydrogen (secondary N) is 1. The van der Waals surface area contributed by atoms with Gasteiger partial charge < -0.3 is 19.7 Å². The lowest BCUT2D eigenvalue weighted by Gasteiger charge is -2.42. The third-order valence-electron chi connectivity index (χ3n) is 4.15. The number of carbonyl (C=O) groups excluding carboxylic acids is 1. The highest BCUT2D eigenvalue weighted by Gasteiger charge is 2.38. The molecule has 2 aromatic rings. The summed E-state index contributed by atoms with van der Waals surface area (Å²) in [6.45, 7) is 1.26. The van der Waals surface area contributed by atoms with E-state index in [9.17, 15) is 9.90 Å². The minimum atomic E-state index is -0.733. The van der Waals surface area contributed by atoms with Gasteiger partial charge in [0.15, 0.2) is 0 Å². The molecule has 0 aliphatic carbocycles. The number of hydrogen-bond acceptors (Lipinski definition) is 4. The maximum Gasteiger partial charge on any atom is 0.228 e. The first kappa shape index (κ1) is 15.7. The van der Waals surface area contributed by atoms with Crippen LogP contribution in [0.5, 0.6) is 0 Å². The van der Waals surface area contributed by atoms with E-state index < -0.39 is 5.60 Å². The molecule has 3 rings (SSSR count). The number of ether oxygens (including phenoxy) is 1. The van der Waals surface area contributed by atoms with Crippen LogP contribution in [0.1, 0.15) is 11.3 Å². The van der Waals surface area contributed by atoms with E-state index in [2.05, 4.69) is 9.97 Å². The number of amides is 1. The van der Waals surface area contributed by atoms with Crippen LogP contribution in [0.3, 0.4) is 0 Å². The quantitative estimate of drug-likeness (QED) is 0.855. The van der Waals surface area contributed by atoms with Crippen molar-refractivity contribution < 1.29 is 14.6 Å². The molecule has 1 atom stereocenters. The van der Waals surface area contributed by atoms with Gasteiger partial charge in [-0.3, -0.25) is 4.79 Å². The van der Waals surface area contributed by atoms with E-state index in [4.69, 9.17) is 4.74 Å². The summed E-state index contributed by atoms with van der Waals surface area (Å²) in [5, 5.41) is 9.88. The Hall–Kier alpha value is -2.18. The van der Waals surface area contributed by atoms with E-state index in [1.165, 1.54) is 0 Å². The molecule has 1 amide bonds. The Balaban J connectivity index is 1.68. The van der Waals surface area contributed by atoms with Gasteiger partial charge in [-0.1, -0.05) is 30.3 Å². The smallest absolute Gasteiger partial charge is 0.228 e. The molecule has 1 fully saturated rings. The average molecular weight is 315 g/mol. The molecule has 0 spiro atoms. The molecule has 0 bridgehead atoms. The number of aliphatic hydroxyl groups is 1. The van der Waals surface area contributed by atoms with Crippen molar-refractivity contribution >= 4 is 5.91 Å². The monoisotopic (exact) mass is 315 g/mol. The standard InChI is InChI=1S/C17H21N3O3/c21-12-17(9-14-4-2-1-3-5-14)11-20(6-7-23-17)16(22)8-15-10-18-13-19-15/h1-5,10,13,21H,6-9,11-12H2,(H,18,19). The fraction of sp³-hybridized carbons (Fsp3) is 0.412. The first-order valence-electron chi connectivity index (χ1n) is 7.74. The SMILES string of the molecule is O=C(Cc1cnc[nH]1)N1CCOC(CO)(Cc2ccccc2)C1. The number of benzene rings is 1. The zero-order valence-corrected chi connectivity index (χ0v) is 12.9. The minimum Gasteiger partial charge on any atom is -0.393 e. The zero-order chi connectivity index (χ0) is 16.1. The van der Waals surface area contributed by atoms with Crippen LogP contribution in [-0.4, -0.2) is 57.8 Å². The molecule has 1 aromatic heterocycles. The van der Waals surface area contributed by atoms with Gasteiger partial charge >= 0.3 is 0 Å². The Morgan fingerprint density at radius 2 is 2.22 bits per heavy atom. The number of aromatic amines is 1. The lowest BCUT2D eigenvalue weighted by molar-refractivity contribution is -0.157. The van der Waals surface area contributed by atoms with Gasteiger partial charge in [0.25, 0.3) is 0 Å². The summed E-state index contributed by atoms with van der Waals surface area (Å²) in [6, 6.07) is 9.89. The van der Waals surface area contributed by atoms with Crippen molar-refractivity contribution in [1.29, 1.82) is 0 Å². The number of nitrogens with zero attached hydrogens (tertiary/aromatic N) is 2. The third kappa shape index (κ3) is 3.78. The summed E-state index contributed by atoms with van der Waals surface area (Å²) < 4.78 is 5.87. The van der Waals surface area contributed by atoms with Crippen molar-refractivity contribution in [3.8, 4) is 0 Å². The van der Waals surface area contributed by atoms with Crippen LogP contribution in [-0.2, 0) is 22.4 Å². The molecule has 1 unspecified atom stereocenters. The van der Waals surface area contributed by atoms with Crippen LogP contribution in [0.25, 0.3) is 0 Å². The fourth-order valence-electron chi connectivity index (χ4n) is 2.94. The highest BCUT2D eigenvalue weighted by molar-refractivity contribution is 5.78. The Bertz CT molecular complexity index is 630. The van der Waals surface area contributed by atoms with Gasteiger partial charge in [-0.25, -0.2) is 4.98 Å². The predicted molar refractivity (Wildman–Crippen MR) is 84.8 cm³/mol. The molecule has 1 aromatic carbocycles. The minimum absolute atomic E-state index is 0.0171. The second kappa shape index (κ2) is 6.93. The number of aromatic nitrogens is 2. The van der Waals surface area contributed by atoms with E-state index in [0.29, 0.717) is 26.1 Å². The summed E-state index contributed by atoms with van der Waals surface area (Å²) >= 11 is 0. The highest BCUT2D eigenvalue weighted by Crippen LogP contribution is 2.23. The van der Waals surface area contributed by atoms with Crippen LogP contribution in [0.15, 0.2) is 42.9 Å². The maximum atomic E-state index is 12.5. The Morgan fingerprint density at radius 3 is 2.91 bits per heavy atom. The van der Waals surface area contributed by atoms with Crippen molar-refractivity contribution in [3.05, 3.63) is 54.1 Å². The van der Waals surface area contributed by atoms with E-state index in [1.807, 2.05) is 30.3 Å². The highest BCUT2D eigenvalue weighted by atomic mass is 16.5. The van der Waals surface area contributed by atoms with Crippen LogP contribution < -0.4 is 0 Å². The molecule has 23 heavy (non-hydrogen) atoms. The Morgan fingerprint density at radius 1 is 1.39 bits per heavy atom. The van der Waals surface area contributed by atoms with Gasteiger partial charge in [-0.2, -0.15) is 0 Å². The molecule has 0 radical (unpaired) electrons. The number of rotatable bonds is 5. The van der Waals surface area contributed by atoms with E-state index in [0.717, 1.165) is 11.3 Å². The average Bonchev–Trinajstić information content (AvgIpc) is 3.09. The number of aliphatic hydroxyl groups excluding tert-OH is 1. The lowest BCUT2D eigenvalue weighted by atomic mass is 9.93. The van der Waals surface area contributed by atoms with E-state index >= 15 is 0 Å². The number of imidazole rings is 1. The molecule has 1 aliphatic heterocycles. The summed E-state index contributed by atoms with van der Waals surface area (Å²) in [5.41, 5.74) is 1.15. The Labute approximate surface area is 135 Å². The van der Waals surface area contributed by atoms with Crippen LogP contribution in [0, 0.1) is 0 Å². The second-order valence-electron chi connectivity index (χ2n) is 5.92. The number of morpholine rings is 1. The molecule has 2 N–H and O–H groups in total. The molecular weight excluding hydrogens is 294 g/mol. The zero-order valence-electron chi connectivity index (χ0n) is 12.9. The van der Waals surface area contributed by atoms with Crippen LogP contribution in [0.4, 0.5) is 0 Å². The van der Waals surface area contributed by atoms with Crippen molar-refractivity contribution in [2.45, 2.75) is 18.4 Å². The summed E-state index contributed by atoms with van der Waals surface area (Å²) in [4.78, 5) is 21.1. The molecule has 1 aliphatic rings. The summed E-state index contributed by atoms with van der Waals surface area (Å²) in [5.74, 6) is 0.0171. The van der Waals surface area contributed by atoms with Gasteiger partial charge in [-0.05, 0) is 5.56 Å².